The van der Waals surface area contributed by atoms with Crippen LogP contribution in [0.15, 0.2) is 61.2 Å². The highest BCUT2D eigenvalue weighted by Gasteiger charge is 2.36. The summed E-state index contributed by atoms with van der Waals surface area (Å²) in [5.74, 6) is 0.860. The van der Waals surface area contributed by atoms with E-state index in [1.165, 1.54) is 31.4 Å². The molecule has 0 aromatic heterocycles. The van der Waals surface area contributed by atoms with Crippen LogP contribution >= 0.6 is 0 Å². The van der Waals surface area contributed by atoms with Crippen LogP contribution in [0.3, 0.4) is 0 Å². The van der Waals surface area contributed by atoms with E-state index < -0.39 is 11.8 Å². The maximum atomic E-state index is 15.1. The van der Waals surface area contributed by atoms with Gasteiger partial charge >= 0.3 is 5.97 Å². The Kier molecular flexibility index (Phi) is 7.97. The molecule has 0 N–H and O–H groups in total. The number of aryl methyl sites for hydroxylation is 1. The Morgan fingerprint density at radius 3 is 2.56 bits per heavy atom. The first kappa shape index (κ1) is 24.4. The van der Waals surface area contributed by atoms with E-state index in [0.717, 1.165) is 31.6 Å². The zero-order chi connectivity index (χ0) is 24.1. The number of hydrogen-bond donors (Lipinski definition) is 0. The fourth-order valence-corrected chi connectivity index (χ4v) is 5.77. The van der Waals surface area contributed by atoms with E-state index in [1.54, 1.807) is 24.3 Å². The third-order valence-electron chi connectivity index (χ3n) is 7.71. The summed E-state index contributed by atoms with van der Waals surface area (Å²) in [6.45, 7) is 5.88. The number of carbonyl (C=O) groups is 1. The average Bonchev–Trinajstić information content (AvgIpc) is 2.84. The number of allylic oxidation sites excluding steroid dienone is 3. The van der Waals surface area contributed by atoms with Gasteiger partial charge in [0.25, 0.3) is 0 Å². The molecule has 0 heterocycles. The zero-order valence-corrected chi connectivity index (χ0v) is 19.9. The van der Waals surface area contributed by atoms with E-state index in [1.807, 2.05) is 19.1 Å². The smallest absolute Gasteiger partial charge is 0.343 e. The fraction of sp³-hybridized carbons (Fsp3) is 0.433. The Hall–Kier alpha value is -2.75. The highest BCUT2D eigenvalue weighted by atomic mass is 19.1. The molecule has 4 heteroatoms. The first-order valence-corrected chi connectivity index (χ1v) is 12.5. The second-order valence-electron chi connectivity index (χ2n) is 9.83. The van der Waals surface area contributed by atoms with Crippen molar-refractivity contribution in [3.05, 3.63) is 89.5 Å². The van der Waals surface area contributed by atoms with Crippen molar-refractivity contribution in [3.8, 4) is 5.75 Å². The molecule has 0 amide bonds. The van der Waals surface area contributed by atoms with Gasteiger partial charge in [0, 0.05) is 6.07 Å². The highest BCUT2D eigenvalue weighted by molar-refractivity contribution is 5.91. The standard InChI is InChI=1S/C30H34F2O2/c1-3-5-6-7-21-12-14-26(19-28(21)31)34-30(33)25-13-15-27(29(32)18-25)24-11-10-22-16-20(4-2)8-9-23(22)17-24/h3-5,12-15,18-20,22-24H,2,6-11,16-17H2,1H3/b5-3+. The average molecular weight is 465 g/mol. The summed E-state index contributed by atoms with van der Waals surface area (Å²) in [4.78, 5) is 12.6. The number of fused-ring (bicyclic) bond motifs is 1. The van der Waals surface area contributed by atoms with E-state index in [9.17, 15) is 9.18 Å². The molecule has 2 aliphatic rings. The first-order valence-electron chi connectivity index (χ1n) is 12.5. The van der Waals surface area contributed by atoms with E-state index >= 15 is 4.39 Å². The van der Waals surface area contributed by atoms with Gasteiger partial charge in [-0.1, -0.05) is 30.4 Å². The molecule has 2 aliphatic carbocycles. The molecule has 0 saturated heterocycles. The van der Waals surface area contributed by atoms with Gasteiger partial charge in [-0.3, -0.25) is 0 Å². The van der Waals surface area contributed by atoms with E-state index in [-0.39, 0.29) is 23.0 Å². The van der Waals surface area contributed by atoms with Crippen molar-refractivity contribution in [1.82, 2.24) is 0 Å². The lowest BCUT2D eigenvalue weighted by Crippen LogP contribution is -2.30. The monoisotopic (exact) mass is 464 g/mol. The van der Waals surface area contributed by atoms with Crippen LogP contribution in [0.4, 0.5) is 8.78 Å². The number of carbonyl (C=O) groups excluding carboxylic acids is 1. The molecule has 2 saturated carbocycles. The summed E-state index contributed by atoms with van der Waals surface area (Å²) in [7, 11) is 0. The minimum absolute atomic E-state index is 0.121. The maximum Gasteiger partial charge on any atom is 0.343 e. The van der Waals surface area contributed by atoms with Gasteiger partial charge in [0.15, 0.2) is 0 Å². The predicted molar refractivity (Wildman–Crippen MR) is 132 cm³/mol. The molecule has 4 rings (SSSR count). The van der Waals surface area contributed by atoms with E-state index in [0.29, 0.717) is 29.4 Å². The van der Waals surface area contributed by atoms with Gasteiger partial charge in [-0.2, -0.15) is 0 Å². The van der Waals surface area contributed by atoms with Gasteiger partial charge in [0.05, 0.1) is 5.56 Å². The number of halogens is 2. The maximum absolute atomic E-state index is 15.1. The van der Waals surface area contributed by atoms with Crippen molar-refractivity contribution in [2.45, 2.75) is 64.2 Å². The molecule has 0 spiro atoms. The third kappa shape index (κ3) is 5.65. The van der Waals surface area contributed by atoms with E-state index in [2.05, 4.69) is 12.7 Å². The Morgan fingerprint density at radius 1 is 1.03 bits per heavy atom. The van der Waals surface area contributed by atoms with Gasteiger partial charge in [0.2, 0.25) is 0 Å². The summed E-state index contributed by atoms with van der Waals surface area (Å²) in [5.41, 5.74) is 1.40. The molecular weight excluding hydrogens is 430 g/mol. The minimum Gasteiger partial charge on any atom is -0.423 e. The van der Waals surface area contributed by atoms with E-state index in [4.69, 9.17) is 4.74 Å². The SMILES string of the molecule is C=CC1CCC2CC(c3ccc(C(=O)Oc4ccc(CC/C=C/C)c(F)c4)cc3F)CCC2C1. The van der Waals surface area contributed by atoms with Crippen LogP contribution in [0.1, 0.15) is 79.3 Å². The second-order valence-corrected chi connectivity index (χ2v) is 9.83. The predicted octanol–water partition coefficient (Wildman–Crippen LogP) is 8.18. The van der Waals surface area contributed by atoms with Crippen molar-refractivity contribution in [3.63, 3.8) is 0 Å². The molecule has 4 atom stereocenters. The fourth-order valence-electron chi connectivity index (χ4n) is 5.77. The number of esters is 1. The van der Waals surface area contributed by atoms with Crippen LogP contribution in [-0.2, 0) is 6.42 Å². The third-order valence-corrected chi connectivity index (χ3v) is 7.71. The summed E-state index contributed by atoms with van der Waals surface area (Å²) >= 11 is 0. The summed E-state index contributed by atoms with van der Waals surface area (Å²) in [6, 6.07) is 9.05. The quantitative estimate of drug-likeness (QED) is 0.235. The van der Waals surface area contributed by atoms with Crippen LogP contribution in [-0.4, -0.2) is 5.97 Å². The van der Waals surface area contributed by atoms with Crippen molar-refractivity contribution in [2.24, 2.45) is 17.8 Å². The van der Waals surface area contributed by atoms with Gasteiger partial charge < -0.3 is 4.74 Å². The molecule has 2 fully saturated rings. The Balaban J connectivity index is 1.39. The summed E-state index contributed by atoms with van der Waals surface area (Å²) in [5, 5.41) is 0. The topological polar surface area (TPSA) is 26.3 Å². The molecule has 34 heavy (non-hydrogen) atoms. The van der Waals surface area contributed by atoms with Crippen LogP contribution < -0.4 is 4.74 Å². The van der Waals surface area contributed by atoms with Crippen molar-refractivity contribution >= 4 is 5.97 Å². The largest absolute Gasteiger partial charge is 0.423 e. The molecule has 0 bridgehead atoms. The highest BCUT2D eigenvalue weighted by Crippen LogP contribution is 2.48. The van der Waals surface area contributed by atoms with Crippen LogP contribution in [0.25, 0.3) is 0 Å². The summed E-state index contributed by atoms with van der Waals surface area (Å²) in [6.07, 6.45) is 14.0. The van der Waals surface area contributed by atoms with Crippen LogP contribution in [0.2, 0.25) is 0 Å². The Bertz CT molecular complexity index is 1060. The number of benzene rings is 2. The summed E-state index contributed by atoms with van der Waals surface area (Å²) < 4.78 is 34.7. The lowest BCUT2D eigenvalue weighted by molar-refractivity contribution is 0.0733. The van der Waals surface area contributed by atoms with Crippen molar-refractivity contribution in [2.75, 3.05) is 0 Å². The molecular formula is C30H34F2O2. The minimum atomic E-state index is -0.682. The molecule has 2 aromatic rings. The lowest BCUT2D eigenvalue weighted by atomic mass is 9.64. The van der Waals surface area contributed by atoms with Crippen LogP contribution in [0.5, 0.6) is 5.75 Å². The Morgan fingerprint density at radius 2 is 1.82 bits per heavy atom. The molecule has 0 aliphatic heterocycles. The Labute approximate surface area is 201 Å². The normalized spacial score (nSPS) is 24.6. The van der Waals surface area contributed by atoms with Gasteiger partial charge in [-0.05, 0) is 111 Å². The number of rotatable bonds is 7. The lowest BCUT2D eigenvalue weighted by Gasteiger charge is -2.41. The molecule has 0 radical (unpaired) electrons. The number of ether oxygens (including phenoxy) is 1. The molecule has 180 valence electrons. The van der Waals surface area contributed by atoms with Gasteiger partial charge in [-0.15, -0.1) is 6.58 Å². The first-order chi connectivity index (χ1) is 16.5. The van der Waals surface area contributed by atoms with Crippen molar-refractivity contribution < 1.29 is 18.3 Å². The van der Waals surface area contributed by atoms with Gasteiger partial charge in [0.1, 0.15) is 17.4 Å². The number of hydrogen-bond acceptors (Lipinski definition) is 2. The molecule has 2 aromatic carbocycles. The van der Waals surface area contributed by atoms with Gasteiger partial charge in [-0.25, -0.2) is 13.6 Å². The second kappa shape index (κ2) is 11.1. The molecule has 2 nitrogen and oxygen atoms in total. The van der Waals surface area contributed by atoms with Crippen LogP contribution in [0, 0.1) is 29.4 Å². The molecule has 4 unspecified atom stereocenters. The zero-order valence-electron chi connectivity index (χ0n) is 19.9. The van der Waals surface area contributed by atoms with Crippen molar-refractivity contribution in [1.29, 1.82) is 0 Å².